The Balaban J connectivity index is 1.28. The average Bonchev–Trinajstić information content (AvgIpc) is 3.84. The van der Waals surface area contributed by atoms with Crippen molar-refractivity contribution in [3.05, 3.63) is 12.7 Å². The molecule has 402 valence electrons. The highest BCUT2D eigenvalue weighted by molar-refractivity contribution is 8.13. The molecule has 1 aliphatic rings. The monoisotopic (exact) mass is 1080 g/mol. The van der Waals surface area contributed by atoms with E-state index in [4.69, 9.17) is 19.5 Å². The van der Waals surface area contributed by atoms with Crippen LogP contribution in [-0.4, -0.2) is 123 Å². The number of nitrogens with two attached hydrogens (primary N) is 1. The van der Waals surface area contributed by atoms with E-state index >= 15 is 0 Å². The van der Waals surface area contributed by atoms with Crippen LogP contribution in [0, 0.1) is 11.3 Å². The Morgan fingerprint density at radius 3 is 2.09 bits per heavy atom. The van der Waals surface area contributed by atoms with E-state index < -0.39 is 84.6 Å². The number of imidazole rings is 1. The molecule has 0 aliphatic carbocycles. The van der Waals surface area contributed by atoms with Gasteiger partial charge in [-0.15, -0.1) is 0 Å². The van der Waals surface area contributed by atoms with Gasteiger partial charge in [0, 0.05) is 37.1 Å². The van der Waals surface area contributed by atoms with Crippen molar-refractivity contribution in [2.24, 2.45) is 11.3 Å². The van der Waals surface area contributed by atoms with Gasteiger partial charge in [-0.1, -0.05) is 136 Å². The fraction of sp³-hybridized carbons (Fsp3) is 0.810. The first-order chi connectivity index (χ1) is 32.9. The van der Waals surface area contributed by atoms with E-state index in [9.17, 15) is 57.9 Å². The van der Waals surface area contributed by atoms with Gasteiger partial charge in [-0.25, -0.2) is 28.6 Å². The molecule has 2 amide bonds. The molecule has 28 heteroatoms. The minimum atomic E-state index is -5.58. The maximum absolute atomic E-state index is 12.8. The van der Waals surface area contributed by atoms with E-state index in [1.165, 1.54) is 97.3 Å². The second kappa shape index (κ2) is 30.7. The number of carbonyl (C=O) groups excluding carboxylic acids is 3. The van der Waals surface area contributed by atoms with Gasteiger partial charge in [-0.2, -0.15) is 4.31 Å². The lowest BCUT2D eigenvalue weighted by Gasteiger charge is -2.30. The van der Waals surface area contributed by atoms with Gasteiger partial charge in [0.1, 0.15) is 36.3 Å². The van der Waals surface area contributed by atoms with Crippen LogP contribution in [0.2, 0.25) is 0 Å². The summed E-state index contributed by atoms with van der Waals surface area (Å²) in [6.45, 7) is 5.15. The molecular formula is C42H76N7O17P3S. The Morgan fingerprint density at radius 1 is 0.857 bits per heavy atom. The number of unbranched alkanes of at least 4 members (excludes halogenated alkanes) is 12. The van der Waals surface area contributed by atoms with E-state index in [-0.39, 0.29) is 41.6 Å². The van der Waals surface area contributed by atoms with Crippen molar-refractivity contribution in [3.8, 4) is 0 Å². The first kappa shape index (κ1) is 61.9. The number of carbonyl (C=O) groups is 3. The summed E-state index contributed by atoms with van der Waals surface area (Å²) in [5.41, 5.74) is 4.29. The molecular weight excluding hydrogens is 999 g/mol. The van der Waals surface area contributed by atoms with Gasteiger partial charge in [0.15, 0.2) is 22.8 Å². The van der Waals surface area contributed by atoms with Gasteiger partial charge < -0.3 is 50.9 Å². The highest BCUT2D eigenvalue weighted by Crippen LogP contribution is 2.61. The summed E-state index contributed by atoms with van der Waals surface area (Å²) in [4.78, 5) is 88.6. The smallest absolute Gasteiger partial charge is 0.386 e. The highest BCUT2D eigenvalue weighted by atomic mass is 32.2. The van der Waals surface area contributed by atoms with Crippen LogP contribution in [0.3, 0.4) is 0 Å². The Bertz CT molecular complexity index is 2070. The highest BCUT2D eigenvalue weighted by Gasteiger charge is 2.50. The van der Waals surface area contributed by atoms with E-state index in [1.807, 2.05) is 0 Å². The van der Waals surface area contributed by atoms with Crippen LogP contribution in [0.25, 0.3) is 11.2 Å². The number of phosphoric ester groups is 3. The molecule has 3 rings (SSSR count). The predicted octanol–water partition coefficient (Wildman–Crippen LogP) is 5.95. The third kappa shape index (κ3) is 23.2. The Kier molecular flexibility index (Phi) is 27.1. The molecule has 10 N–H and O–H groups in total. The van der Waals surface area contributed by atoms with E-state index in [0.717, 1.165) is 48.2 Å². The Morgan fingerprint density at radius 2 is 1.46 bits per heavy atom. The summed E-state index contributed by atoms with van der Waals surface area (Å²) in [5, 5.41) is 26.7. The molecule has 0 saturated carbocycles. The maximum Gasteiger partial charge on any atom is 0.481 e. The molecule has 0 aromatic carbocycles. The van der Waals surface area contributed by atoms with E-state index in [1.54, 1.807) is 0 Å². The number of nitrogens with one attached hydrogen (secondary N) is 2. The summed E-state index contributed by atoms with van der Waals surface area (Å²) < 4.78 is 62.5. The van der Waals surface area contributed by atoms with Crippen LogP contribution >= 0.6 is 35.2 Å². The SMILES string of the molecule is CCCCCCCCCCCCCC(C)CCCCCC(=O)SCCNC(=O)CCNC(=O)C(O)C(C)(C)COP(=O)(O)OP(=O)(O)OCC1OC(n2cnc3c(N)ncnc32)C(O)C1OP(=O)(O)O. The molecule has 1 saturated heterocycles. The van der Waals surface area contributed by atoms with Crippen LogP contribution < -0.4 is 16.4 Å². The molecule has 0 radical (unpaired) electrons. The van der Waals surface area contributed by atoms with Crippen LogP contribution in [0.5, 0.6) is 0 Å². The van der Waals surface area contributed by atoms with Gasteiger partial charge >= 0.3 is 23.5 Å². The Hall–Kier alpha value is -2.44. The number of aliphatic hydroxyl groups excluding tert-OH is 2. The molecule has 2 aromatic heterocycles. The number of fused-ring (bicyclic) bond motifs is 1. The topological polar surface area (TPSA) is 364 Å². The number of nitrogen functional groups attached to an aromatic ring is 1. The number of aromatic nitrogens is 4. The first-order valence-corrected chi connectivity index (χ1v) is 29.5. The number of amides is 2. The van der Waals surface area contributed by atoms with Gasteiger partial charge in [0.05, 0.1) is 19.5 Å². The van der Waals surface area contributed by atoms with E-state index in [2.05, 4.69) is 48.3 Å². The quantitative estimate of drug-likeness (QED) is 0.0279. The fourth-order valence-electron chi connectivity index (χ4n) is 7.61. The largest absolute Gasteiger partial charge is 0.481 e. The molecule has 0 spiro atoms. The predicted molar refractivity (Wildman–Crippen MR) is 260 cm³/mol. The van der Waals surface area contributed by atoms with Crippen molar-refractivity contribution >= 4 is 69.1 Å². The van der Waals surface area contributed by atoms with Crippen molar-refractivity contribution in [1.29, 1.82) is 0 Å². The summed E-state index contributed by atoms with van der Waals surface area (Å²) in [5.74, 6) is -0.320. The third-order valence-electron chi connectivity index (χ3n) is 11.6. The van der Waals surface area contributed by atoms with Crippen molar-refractivity contribution in [3.63, 3.8) is 0 Å². The first-order valence-electron chi connectivity index (χ1n) is 24.0. The Labute approximate surface area is 414 Å². The van der Waals surface area contributed by atoms with Crippen LogP contribution in [0.15, 0.2) is 12.7 Å². The lowest BCUT2D eigenvalue weighted by atomic mass is 9.87. The van der Waals surface area contributed by atoms with Crippen molar-refractivity contribution in [2.45, 2.75) is 174 Å². The van der Waals surface area contributed by atoms with Crippen molar-refractivity contribution in [1.82, 2.24) is 30.2 Å². The minimum Gasteiger partial charge on any atom is -0.386 e. The molecule has 0 bridgehead atoms. The number of thioether (sulfide) groups is 1. The second-order valence-corrected chi connectivity index (χ2v) is 23.7. The number of anilines is 1. The summed E-state index contributed by atoms with van der Waals surface area (Å²) >= 11 is 1.16. The summed E-state index contributed by atoms with van der Waals surface area (Å²) in [6, 6.07) is 0. The maximum atomic E-state index is 12.8. The molecule has 1 aliphatic heterocycles. The van der Waals surface area contributed by atoms with Crippen LogP contribution in [0.1, 0.15) is 149 Å². The number of hydrogen-bond acceptors (Lipinski definition) is 18. The minimum absolute atomic E-state index is 0.0341. The van der Waals surface area contributed by atoms with Crippen LogP contribution in [-0.2, 0) is 50.7 Å². The zero-order valence-corrected chi connectivity index (χ0v) is 44.2. The van der Waals surface area contributed by atoms with Gasteiger partial charge in [0.25, 0.3) is 0 Å². The van der Waals surface area contributed by atoms with Crippen LogP contribution in [0.4, 0.5) is 5.82 Å². The lowest BCUT2D eigenvalue weighted by molar-refractivity contribution is -0.137. The van der Waals surface area contributed by atoms with Gasteiger partial charge in [-0.3, -0.25) is 32.5 Å². The number of rotatable bonds is 37. The van der Waals surface area contributed by atoms with Crippen molar-refractivity contribution in [2.75, 3.05) is 37.8 Å². The number of nitrogens with zero attached hydrogens (tertiary/aromatic N) is 4. The zero-order valence-electron chi connectivity index (χ0n) is 40.7. The fourth-order valence-corrected chi connectivity index (χ4v) is 11.2. The normalized spacial score (nSPS) is 20.2. The summed E-state index contributed by atoms with van der Waals surface area (Å²) in [7, 11) is -16.4. The van der Waals surface area contributed by atoms with E-state index in [0.29, 0.717) is 18.1 Å². The zero-order chi connectivity index (χ0) is 52.0. The molecule has 3 heterocycles. The molecule has 8 atom stereocenters. The number of hydrogen-bond donors (Lipinski definition) is 9. The summed E-state index contributed by atoms with van der Waals surface area (Å²) in [6.07, 6.45) is 13.8. The molecule has 70 heavy (non-hydrogen) atoms. The number of phosphoric acid groups is 3. The molecule has 1 fully saturated rings. The standard InChI is InChI=1S/C42H76N7O17P3S/c1-5-6-7-8-9-10-11-12-13-14-16-19-30(2)20-17-15-18-21-33(51)70-25-24-44-32(50)22-23-45-40(54)37(53)42(3,4)27-63-69(60,61)66-68(58,59)62-26-31-36(65-67(55,56)57)35(52)41(64-31)49-29-48-34-38(43)46-28-47-39(34)49/h28-31,35-37,41,52-53H,5-27H2,1-4H3,(H,44,50)(H,45,54)(H,58,59)(H,60,61)(H2,43,46,47)(H2,55,56,57). The number of ether oxygens (including phenoxy) is 1. The molecule has 2 aromatic rings. The lowest BCUT2D eigenvalue weighted by Crippen LogP contribution is -2.46. The second-order valence-electron chi connectivity index (χ2n) is 18.3. The van der Waals surface area contributed by atoms with Gasteiger partial charge in [-0.05, 0) is 12.3 Å². The number of aliphatic hydroxyl groups is 2. The van der Waals surface area contributed by atoms with Crippen molar-refractivity contribution < 1.29 is 80.5 Å². The average molecular weight is 1080 g/mol. The molecule has 24 nitrogen and oxygen atoms in total. The molecule has 8 unspecified atom stereocenters. The third-order valence-corrected chi connectivity index (χ3v) is 15.7. The van der Waals surface area contributed by atoms with Gasteiger partial charge in [0.2, 0.25) is 11.8 Å².